The Morgan fingerprint density at radius 1 is 1.38 bits per heavy atom. The second-order valence-electron chi connectivity index (χ2n) is 3.80. The van der Waals surface area contributed by atoms with E-state index < -0.39 is 0 Å². The van der Waals surface area contributed by atoms with E-state index in [-0.39, 0.29) is 0 Å². The minimum Gasteiger partial charge on any atom is -0.370 e. The summed E-state index contributed by atoms with van der Waals surface area (Å²) in [5.74, 6) is 2.28. The molecule has 0 fully saturated rings. The SMILES string of the molecule is CSCCCCCNc1ncc(Br)cc1C. The highest BCUT2D eigenvalue weighted by atomic mass is 79.9. The molecule has 0 saturated heterocycles. The number of rotatable bonds is 7. The first-order chi connectivity index (χ1) is 7.74. The lowest BCUT2D eigenvalue weighted by Crippen LogP contribution is -2.04. The Hall–Kier alpha value is -0.220. The van der Waals surface area contributed by atoms with E-state index in [1.54, 1.807) is 0 Å². The van der Waals surface area contributed by atoms with Crippen LogP contribution in [0.3, 0.4) is 0 Å². The van der Waals surface area contributed by atoms with E-state index in [2.05, 4.69) is 45.5 Å². The Bertz CT molecular complexity index is 318. The molecule has 0 atom stereocenters. The van der Waals surface area contributed by atoms with Crippen molar-refractivity contribution in [2.75, 3.05) is 23.9 Å². The van der Waals surface area contributed by atoms with Crippen LogP contribution in [0.2, 0.25) is 0 Å². The molecule has 16 heavy (non-hydrogen) atoms. The molecule has 0 unspecified atom stereocenters. The summed E-state index contributed by atoms with van der Waals surface area (Å²) in [6, 6.07) is 2.09. The number of aryl methyl sites for hydroxylation is 1. The Morgan fingerprint density at radius 2 is 2.19 bits per heavy atom. The number of anilines is 1. The van der Waals surface area contributed by atoms with Crippen molar-refractivity contribution in [3.8, 4) is 0 Å². The number of aromatic nitrogens is 1. The third kappa shape index (κ3) is 5.21. The van der Waals surface area contributed by atoms with Crippen LogP contribution >= 0.6 is 27.7 Å². The summed E-state index contributed by atoms with van der Waals surface area (Å²) in [6.45, 7) is 3.09. The first kappa shape index (κ1) is 13.8. The lowest BCUT2D eigenvalue weighted by atomic mass is 10.2. The quantitative estimate of drug-likeness (QED) is 0.768. The van der Waals surface area contributed by atoms with Crippen LogP contribution < -0.4 is 5.32 Å². The molecule has 1 N–H and O–H groups in total. The summed E-state index contributed by atoms with van der Waals surface area (Å²) in [5, 5.41) is 3.38. The summed E-state index contributed by atoms with van der Waals surface area (Å²) in [7, 11) is 0. The van der Waals surface area contributed by atoms with Crippen LogP contribution in [-0.2, 0) is 0 Å². The zero-order chi connectivity index (χ0) is 11.8. The number of thioether (sulfide) groups is 1. The number of halogens is 1. The van der Waals surface area contributed by atoms with Crippen molar-refractivity contribution >= 4 is 33.5 Å². The lowest BCUT2D eigenvalue weighted by Gasteiger charge is -2.08. The van der Waals surface area contributed by atoms with Gasteiger partial charge in [-0.3, -0.25) is 0 Å². The average molecular weight is 303 g/mol. The smallest absolute Gasteiger partial charge is 0.128 e. The minimum absolute atomic E-state index is 1.01. The van der Waals surface area contributed by atoms with Gasteiger partial charge in [0.2, 0.25) is 0 Å². The van der Waals surface area contributed by atoms with Gasteiger partial charge in [-0.1, -0.05) is 6.42 Å². The molecule has 1 aromatic heterocycles. The predicted octanol–water partition coefficient (Wildman–Crippen LogP) is 4.10. The molecule has 0 aliphatic heterocycles. The van der Waals surface area contributed by atoms with Crippen LogP contribution in [-0.4, -0.2) is 23.5 Å². The Balaban J connectivity index is 2.21. The fourth-order valence-electron chi connectivity index (χ4n) is 1.48. The van der Waals surface area contributed by atoms with E-state index in [1.165, 1.54) is 30.6 Å². The van der Waals surface area contributed by atoms with E-state index in [0.29, 0.717) is 0 Å². The molecule has 0 radical (unpaired) electrons. The number of nitrogens with zero attached hydrogens (tertiary/aromatic N) is 1. The van der Waals surface area contributed by atoms with Crippen molar-refractivity contribution in [1.82, 2.24) is 4.98 Å². The van der Waals surface area contributed by atoms with Crippen molar-refractivity contribution in [3.63, 3.8) is 0 Å². The van der Waals surface area contributed by atoms with Gasteiger partial charge < -0.3 is 5.32 Å². The van der Waals surface area contributed by atoms with Gasteiger partial charge in [0.15, 0.2) is 0 Å². The van der Waals surface area contributed by atoms with Gasteiger partial charge in [0.1, 0.15) is 5.82 Å². The van der Waals surface area contributed by atoms with Crippen LogP contribution in [0, 0.1) is 6.92 Å². The highest BCUT2D eigenvalue weighted by molar-refractivity contribution is 9.10. The predicted molar refractivity (Wildman–Crippen MR) is 77.4 cm³/mol. The third-order valence-electron chi connectivity index (χ3n) is 2.36. The van der Waals surface area contributed by atoms with Gasteiger partial charge in [0, 0.05) is 17.2 Å². The van der Waals surface area contributed by atoms with Crippen molar-refractivity contribution < 1.29 is 0 Å². The fraction of sp³-hybridized carbons (Fsp3) is 0.583. The Kier molecular flexibility index (Phi) is 6.88. The van der Waals surface area contributed by atoms with Crippen LogP contribution in [0.4, 0.5) is 5.82 Å². The Labute approximate surface area is 111 Å². The molecule has 0 bridgehead atoms. The summed E-state index contributed by atoms with van der Waals surface area (Å²) < 4.78 is 1.04. The molecule has 1 rings (SSSR count). The molecule has 1 aromatic rings. The monoisotopic (exact) mass is 302 g/mol. The zero-order valence-electron chi connectivity index (χ0n) is 9.92. The summed E-state index contributed by atoms with van der Waals surface area (Å²) in [6.07, 6.45) is 7.83. The first-order valence-corrected chi connectivity index (χ1v) is 7.77. The molecular formula is C12H19BrN2S. The van der Waals surface area contributed by atoms with Crippen molar-refractivity contribution in [2.45, 2.75) is 26.2 Å². The van der Waals surface area contributed by atoms with Gasteiger partial charge in [0.05, 0.1) is 0 Å². The topological polar surface area (TPSA) is 24.9 Å². The molecule has 0 aliphatic rings. The summed E-state index contributed by atoms with van der Waals surface area (Å²) in [5.41, 5.74) is 1.19. The molecule has 0 aromatic carbocycles. The number of unbranched alkanes of at least 4 members (excludes halogenated alkanes) is 2. The molecule has 0 aliphatic carbocycles. The third-order valence-corrected chi connectivity index (χ3v) is 3.49. The fourth-order valence-corrected chi connectivity index (χ4v) is 2.42. The average Bonchev–Trinajstić information content (AvgIpc) is 2.26. The normalized spacial score (nSPS) is 10.4. The van der Waals surface area contributed by atoms with E-state index >= 15 is 0 Å². The Morgan fingerprint density at radius 3 is 2.88 bits per heavy atom. The summed E-state index contributed by atoms with van der Waals surface area (Å²) >= 11 is 5.34. The van der Waals surface area contributed by atoms with E-state index in [1.807, 2.05) is 18.0 Å². The lowest BCUT2D eigenvalue weighted by molar-refractivity contribution is 0.748. The van der Waals surface area contributed by atoms with Crippen molar-refractivity contribution in [1.29, 1.82) is 0 Å². The van der Waals surface area contributed by atoms with Crippen molar-refractivity contribution in [3.05, 3.63) is 22.3 Å². The summed E-state index contributed by atoms with van der Waals surface area (Å²) in [4.78, 5) is 4.35. The maximum Gasteiger partial charge on any atom is 0.128 e. The van der Waals surface area contributed by atoms with Gasteiger partial charge in [-0.05, 0) is 59.3 Å². The van der Waals surface area contributed by atoms with Gasteiger partial charge in [-0.15, -0.1) is 0 Å². The van der Waals surface area contributed by atoms with Crippen LogP contribution in [0.15, 0.2) is 16.7 Å². The number of hydrogen-bond donors (Lipinski definition) is 1. The molecule has 0 saturated carbocycles. The molecular weight excluding hydrogens is 284 g/mol. The highest BCUT2D eigenvalue weighted by Crippen LogP contribution is 2.16. The zero-order valence-corrected chi connectivity index (χ0v) is 12.3. The molecule has 4 heteroatoms. The minimum atomic E-state index is 1.01. The molecule has 0 spiro atoms. The van der Waals surface area contributed by atoms with Crippen LogP contribution in [0.25, 0.3) is 0 Å². The van der Waals surface area contributed by atoms with Crippen LogP contribution in [0.5, 0.6) is 0 Å². The molecule has 1 heterocycles. The van der Waals surface area contributed by atoms with Gasteiger partial charge >= 0.3 is 0 Å². The number of nitrogens with one attached hydrogen (secondary N) is 1. The van der Waals surface area contributed by atoms with Gasteiger partial charge in [-0.2, -0.15) is 11.8 Å². The standard InChI is InChI=1S/C12H19BrN2S/c1-10-8-11(13)9-15-12(10)14-6-4-3-5-7-16-2/h8-9H,3-7H2,1-2H3,(H,14,15). The maximum absolute atomic E-state index is 4.35. The largest absolute Gasteiger partial charge is 0.370 e. The van der Waals surface area contributed by atoms with Gasteiger partial charge in [0.25, 0.3) is 0 Å². The first-order valence-electron chi connectivity index (χ1n) is 5.59. The number of hydrogen-bond acceptors (Lipinski definition) is 3. The highest BCUT2D eigenvalue weighted by Gasteiger charge is 1.99. The number of pyridine rings is 1. The second kappa shape index (κ2) is 7.96. The van der Waals surface area contributed by atoms with Crippen LogP contribution in [0.1, 0.15) is 24.8 Å². The second-order valence-corrected chi connectivity index (χ2v) is 5.70. The van der Waals surface area contributed by atoms with Crippen molar-refractivity contribution in [2.24, 2.45) is 0 Å². The molecule has 0 amide bonds. The van der Waals surface area contributed by atoms with E-state index in [9.17, 15) is 0 Å². The molecule has 2 nitrogen and oxygen atoms in total. The molecule has 90 valence electrons. The van der Waals surface area contributed by atoms with E-state index in [4.69, 9.17) is 0 Å². The van der Waals surface area contributed by atoms with Gasteiger partial charge in [-0.25, -0.2) is 4.98 Å². The van der Waals surface area contributed by atoms with E-state index in [0.717, 1.165) is 16.8 Å². The maximum atomic E-state index is 4.35.